The first kappa shape index (κ1) is 36.9. The number of hydrogen-bond donors (Lipinski definition) is 8. The van der Waals surface area contributed by atoms with E-state index in [1.165, 1.54) is 11.1 Å². The maximum Gasteiger partial charge on any atom is 0.300 e. The van der Waals surface area contributed by atoms with E-state index in [-0.39, 0.29) is 0 Å². The molecule has 0 amide bonds. The molecular weight excluding hydrogens is 606 g/mol. The van der Waals surface area contributed by atoms with E-state index < -0.39 is 23.9 Å². The van der Waals surface area contributed by atoms with Gasteiger partial charge in [0.2, 0.25) is 0 Å². The van der Waals surface area contributed by atoms with Crippen LogP contribution in [0.5, 0.6) is 0 Å². The van der Waals surface area contributed by atoms with Gasteiger partial charge in [0, 0.05) is 91.0 Å². The number of carbonyl (C=O) groups is 4. The minimum absolute atomic E-state index is 0.833. The maximum absolute atomic E-state index is 9.00. The SMILES string of the molecule is CC(=O)O.CC(=O)O.CC(=O)O.CC(=O)O.CN1C=CC(c2cc3[nH]c2=Cc2ccc([nH]2)C=c2ccc([nH]2)=Cc2ccc([nH]2)C=3)=CC1. The van der Waals surface area contributed by atoms with Gasteiger partial charge in [-0.2, -0.15) is 0 Å². The summed E-state index contributed by atoms with van der Waals surface area (Å²) in [5, 5.41) is 34.0. The van der Waals surface area contributed by atoms with Crippen molar-refractivity contribution < 1.29 is 39.6 Å². The second-order valence-corrected chi connectivity index (χ2v) is 10.2. The number of carboxylic acids is 4. The van der Waals surface area contributed by atoms with E-state index in [2.05, 4.69) is 117 Å². The molecule has 47 heavy (non-hydrogen) atoms. The van der Waals surface area contributed by atoms with Crippen molar-refractivity contribution in [3.63, 3.8) is 0 Å². The van der Waals surface area contributed by atoms with Crippen LogP contribution < -0.4 is 21.4 Å². The smallest absolute Gasteiger partial charge is 0.300 e. The van der Waals surface area contributed by atoms with Gasteiger partial charge in [-0.15, -0.1) is 0 Å². The van der Waals surface area contributed by atoms with Crippen LogP contribution in [0.25, 0.3) is 29.9 Å². The molecule has 6 rings (SSSR count). The zero-order chi connectivity index (χ0) is 35.1. The Labute approximate surface area is 269 Å². The van der Waals surface area contributed by atoms with Gasteiger partial charge in [-0.05, 0) is 84.6 Å². The third kappa shape index (κ3) is 14.4. The molecule has 8 N–H and O–H groups in total. The quantitative estimate of drug-likeness (QED) is 0.133. The van der Waals surface area contributed by atoms with Crippen molar-refractivity contribution in [2.24, 2.45) is 0 Å². The molecule has 13 heteroatoms. The molecule has 0 aliphatic carbocycles. The second-order valence-electron chi connectivity index (χ2n) is 10.2. The van der Waals surface area contributed by atoms with Gasteiger partial charge in [0.25, 0.3) is 23.9 Å². The lowest BCUT2D eigenvalue weighted by molar-refractivity contribution is -0.135. The predicted octanol–water partition coefficient (Wildman–Crippen LogP) is 1.83. The van der Waals surface area contributed by atoms with Crippen molar-refractivity contribution in [3.05, 3.63) is 111 Å². The van der Waals surface area contributed by atoms with Crippen molar-refractivity contribution in [2.45, 2.75) is 27.7 Å². The summed E-state index contributed by atoms with van der Waals surface area (Å²) in [5.41, 5.74) is 6.68. The average Bonchev–Trinajstić information content (AvgIpc) is 3.74. The standard InChI is InChI=1S/C26H23N5.4C2H4O2/c1-31-10-8-17(9-11-31)25-15-24-14-22-5-4-20(28-22)12-18-2-3-19(27-18)13-21-6-7-23(29-21)16-26(25)30-24;4*1-2(3)4/h2-10,12-16,27-30H,11H2,1H3;4*1H3,(H,3,4). The lowest BCUT2D eigenvalue weighted by atomic mass is 10.1. The summed E-state index contributed by atoms with van der Waals surface area (Å²) in [7, 11) is 2.09. The summed E-state index contributed by atoms with van der Waals surface area (Å²) in [5.74, 6) is -3.33. The molecule has 2 aliphatic heterocycles. The first-order chi connectivity index (χ1) is 22.1. The third-order valence-electron chi connectivity index (χ3n) is 5.71. The molecule has 4 aromatic rings. The van der Waals surface area contributed by atoms with E-state index in [1.807, 2.05) is 0 Å². The van der Waals surface area contributed by atoms with E-state index in [9.17, 15) is 0 Å². The van der Waals surface area contributed by atoms with E-state index >= 15 is 0 Å². The second kappa shape index (κ2) is 17.9. The number of H-pyrrole nitrogens is 4. The van der Waals surface area contributed by atoms with E-state index in [4.69, 9.17) is 39.6 Å². The van der Waals surface area contributed by atoms with E-state index in [0.29, 0.717) is 0 Å². The molecule has 0 saturated heterocycles. The van der Waals surface area contributed by atoms with Gasteiger partial charge in [-0.1, -0.05) is 6.08 Å². The van der Waals surface area contributed by atoms with Crippen molar-refractivity contribution in [1.29, 1.82) is 0 Å². The Morgan fingerprint density at radius 2 is 1.00 bits per heavy atom. The van der Waals surface area contributed by atoms with Crippen molar-refractivity contribution in [3.8, 4) is 0 Å². The Kier molecular flexibility index (Phi) is 14.1. The highest BCUT2D eigenvalue weighted by molar-refractivity contribution is 5.76. The first-order valence-electron chi connectivity index (χ1n) is 14.2. The highest BCUT2D eigenvalue weighted by Gasteiger charge is 2.08. The largest absolute Gasteiger partial charge is 0.481 e. The highest BCUT2D eigenvalue weighted by Crippen LogP contribution is 2.15. The van der Waals surface area contributed by atoms with E-state index in [0.717, 1.165) is 78.4 Å². The molecule has 0 unspecified atom stereocenters. The third-order valence-corrected chi connectivity index (χ3v) is 5.71. The average molecular weight is 646 g/mol. The molecule has 6 heterocycles. The zero-order valence-corrected chi connectivity index (χ0v) is 26.7. The van der Waals surface area contributed by atoms with Crippen LogP contribution in [0.3, 0.4) is 0 Å². The van der Waals surface area contributed by atoms with Gasteiger partial charge >= 0.3 is 0 Å². The molecule has 13 nitrogen and oxygen atoms in total. The summed E-state index contributed by atoms with van der Waals surface area (Å²) in [6, 6.07) is 14.8. The molecule has 0 atom stereocenters. The number of aromatic amines is 4. The Balaban J connectivity index is 0.000000405. The van der Waals surface area contributed by atoms with Gasteiger partial charge < -0.3 is 45.3 Å². The summed E-state index contributed by atoms with van der Waals surface area (Å²) < 4.78 is 0. The molecule has 0 spiro atoms. The molecule has 8 bridgehead atoms. The van der Waals surface area contributed by atoms with Gasteiger partial charge in [0.15, 0.2) is 0 Å². The number of fused-ring (bicyclic) bond motifs is 8. The molecule has 0 aromatic carbocycles. The number of nitrogens with zero attached hydrogens (tertiary/aromatic N) is 1. The van der Waals surface area contributed by atoms with Gasteiger partial charge in [0.1, 0.15) is 0 Å². The summed E-state index contributed by atoms with van der Waals surface area (Å²) in [4.78, 5) is 52.2. The number of hydrogen-bond acceptors (Lipinski definition) is 5. The summed E-state index contributed by atoms with van der Waals surface area (Å²) >= 11 is 0. The summed E-state index contributed by atoms with van der Waals surface area (Å²) in [6.45, 7) is 5.24. The van der Waals surface area contributed by atoms with Gasteiger partial charge in [-0.3, -0.25) is 19.2 Å². The van der Waals surface area contributed by atoms with Crippen LogP contribution in [0, 0.1) is 0 Å². The molecule has 248 valence electrons. The van der Waals surface area contributed by atoms with Crippen molar-refractivity contribution in [1.82, 2.24) is 24.8 Å². The Bertz CT molecular complexity index is 1940. The fourth-order valence-electron chi connectivity index (χ4n) is 4.15. The van der Waals surface area contributed by atoms with Crippen LogP contribution in [-0.2, 0) is 19.2 Å². The Morgan fingerprint density at radius 3 is 1.40 bits per heavy atom. The minimum Gasteiger partial charge on any atom is -0.481 e. The molecule has 0 fully saturated rings. The fourth-order valence-corrected chi connectivity index (χ4v) is 4.15. The maximum atomic E-state index is 9.00. The first-order valence-corrected chi connectivity index (χ1v) is 14.2. The number of allylic oxidation sites excluding steroid dienone is 2. The highest BCUT2D eigenvalue weighted by atomic mass is 16.4. The number of likely N-dealkylation sites (N-methyl/N-ethyl adjacent to an activating group) is 1. The fraction of sp³-hybridized carbons (Fsp3) is 0.176. The predicted molar refractivity (Wildman–Crippen MR) is 179 cm³/mol. The number of rotatable bonds is 1. The van der Waals surface area contributed by atoms with Crippen molar-refractivity contribution >= 4 is 53.8 Å². The lowest BCUT2D eigenvalue weighted by Crippen LogP contribution is -2.16. The Morgan fingerprint density at radius 1 is 0.596 bits per heavy atom. The van der Waals surface area contributed by atoms with Crippen LogP contribution in [0.1, 0.15) is 56.0 Å². The van der Waals surface area contributed by atoms with Crippen LogP contribution in [0.2, 0.25) is 0 Å². The molecule has 2 aliphatic rings. The summed E-state index contributed by atoms with van der Waals surface area (Å²) in [6.07, 6.45) is 15.1. The molecule has 0 saturated carbocycles. The van der Waals surface area contributed by atoms with E-state index in [1.54, 1.807) is 0 Å². The normalized spacial score (nSPS) is 11.9. The van der Waals surface area contributed by atoms with Crippen LogP contribution in [0.4, 0.5) is 0 Å². The monoisotopic (exact) mass is 645 g/mol. The van der Waals surface area contributed by atoms with Gasteiger partial charge in [0.05, 0.1) is 0 Å². The van der Waals surface area contributed by atoms with Crippen LogP contribution in [-0.4, -0.2) is 82.7 Å². The van der Waals surface area contributed by atoms with Gasteiger partial charge in [-0.25, -0.2) is 0 Å². The lowest BCUT2D eigenvalue weighted by Gasteiger charge is -2.16. The Hall–Kier alpha value is -6.24. The molecular formula is C34H39N5O8. The number of aromatic nitrogens is 4. The minimum atomic E-state index is -0.833. The van der Waals surface area contributed by atoms with Crippen LogP contribution in [0.15, 0.2) is 60.8 Å². The number of carboxylic acid groups (broad SMARTS) is 4. The number of nitrogens with one attached hydrogen (secondary N) is 4. The van der Waals surface area contributed by atoms with Crippen molar-refractivity contribution in [2.75, 3.05) is 13.6 Å². The molecule has 4 aromatic heterocycles. The van der Waals surface area contributed by atoms with Crippen LogP contribution >= 0.6 is 0 Å². The zero-order valence-electron chi connectivity index (χ0n) is 26.7. The topological polar surface area (TPSA) is 216 Å². The molecule has 0 radical (unpaired) electrons. The number of aliphatic carboxylic acids is 4.